The zero-order valence-electron chi connectivity index (χ0n) is 17.6. The van der Waals surface area contributed by atoms with Crippen LogP contribution >= 0.6 is 0 Å². The second-order valence-electron chi connectivity index (χ2n) is 7.96. The van der Waals surface area contributed by atoms with Crippen molar-refractivity contribution in [3.8, 4) is 11.5 Å². The lowest BCUT2D eigenvalue weighted by Gasteiger charge is -2.19. The Morgan fingerprint density at radius 2 is 1.70 bits per heavy atom. The maximum absolute atomic E-state index is 12.5. The zero-order valence-corrected chi connectivity index (χ0v) is 17.6. The Balaban J connectivity index is 1.43. The summed E-state index contributed by atoms with van der Waals surface area (Å²) >= 11 is 0. The topological polar surface area (TPSA) is 90.9 Å². The van der Waals surface area contributed by atoms with Gasteiger partial charge in [-0.15, -0.1) is 0 Å². The van der Waals surface area contributed by atoms with Crippen LogP contribution < -0.4 is 14.8 Å². The highest BCUT2D eigenvalue weighted by Gasteiger charge is 2.22. The highest BCUT2D eigenvalue weighted by molar-refractivity contribution is 5.98. The second kappa shape index (κ2) is 11.0. The van der Waals surface area contributed by atoms with Crippen LogP contribution in [0.1, 0.15) is 75.1 Å². The van der Waals surface area contributed by atoms with Gasteiger partial charge in [0.25, 0.3) is 5.91 Å². The number of esters is 1. The summed E-state index contributed by atoms with van der Waals surface area (Å²) in [5.41, 5.74) is 0.464. The molecule has 1 N–H and O–H groups in total. The molecule has 1 fully saturated rings. The fourth-order valence-corrected chi connectivity index (χ4v) is 3.75. The molecule has 1 aliphatic heterocycles. The fraction of sp³-hybridized carbons (Fsp3) is 0.609. The summed E-state index contributed by atoms with van der Waals surface area (Å²) in [7, 11) is 0. The summed E-state index contributed by atoms with van der Waals surface area (Å²) in [6, 6.07) is 5.19. The van der Waals surface area contributed by atoms with Crippen molar-refractivity contribution in [2.75, 3.05) is 13.2 Å². The number of hydrogen-bond acceptors (Lipinski definition) is 6. The summed E-state index contributed by atoms with van der Waals surface area (Å²) in [4.78, 5) is 36.9. The molecule has 0 radical (unpaired) electrons. The summed E-state index contributed by atoms with van der Waals surface area (Å²) < 4.78 is 16.4. The number of hydrogen-bond donors (Lipinski definition) is 1. The van der Waals surface area contributed by atoms with Crippen molar-refractivity contribution in [1.82, 2.24) is 5.32 Å². The molecule has 0 spiro atoms. The number of benzene rings is 1. The van der Waals surface area contributed by atoms with E-state index in [1.807, 2.05) is 0 Å². The lowest BCUT2D eigenvalue weighted by Crippen LogP contribution is -2.41. The molecule has 30 heavy (non-hydrogen) atoms. The maximum Gasteiger partial charge on any atom is 0.307 e. The van der Waals surface area contributed by atoms with Crippen LogP contribution in [0.4, 0.5) is 0 Å². The van der Waals surface area contributed by atoms with Gasteiger partial charge in [0.1, 0.15) is 0 Å². The lowest BCUT2D eigenvalue weighted by atomic mass is 10.1. The highest BCUT2D eigenvalue weighted by atomic mass is 16.5. The molecule has 1 aliphatic carbocycles. The first-order valence-electron chi connectivity index (χ1n) is 11.0. The van der Waals surface area contributed by atoms with Crippen molar-refractivity contribution < 1.29 is 28.6 Å². The first-order chi connectivity index (χ1) is 14.5. The number of carbonyl (C=O) groups is 3. The predicted octanol–water partition coefficient (Wildman–Crippen LogP) is 3.58. The van der Waals surface area contributed by atoms with Gasteiger partial charge in [-0.1, -0.05) is 25.7 Å². The molecule has 0 unspecified atom stereocenters. The van der Waals surface area contributed by atoms with Crippen molar-refractivity contribution in [3.05, 3.63) is 23.8 Å². The summed E-state index contributed by atoms with van der Waals surface area (Å²) in [6.45, 7) is 2.69. The van der Waals surface area contributed by atoms with Crippen LogP contribution in [-0.2, 0) is 14.3 Å². The number of ether oxygens (including phenoxy) is 3. The number of Topliss-reactive ketones (excluding diaryl/α,β-unsaturated/α-hetero) is 1. The zero-order chi connectivity index (χ0) is 21.3. The van der Waals surface area contributed by atoms with E-state index in [-0.39, 0.29) is 30.6 Å². The largest absolute Gasteiger partial charge is 0.490 e. The van der Waals surface area contributed by atoms with Crippen LogP contribution in [0, 0.1) is 0 Å². The van der Waals surface area contributed by atoms with E-state index in [1.165, 1.54) is 12.8 Å². The maximum atomic E-state index is 12.5. The van der Waals surface area contributed by atoms with E-state index in [0.717, 1.165) is 32.1 Å². The average Bonchev–Trinajstić information content (AvgIpc) is 3.14. The number of nitrogens with one attached hydrogen (secondary N) is 1. The smallest absolute Gasteiger partial charge is 0.307 e. The van der Waals surface area contributed by atoms with Crippen LogP contribution in [0.2, 0.25) is 0 Å². The number of amides is 1. The van der Waals surface area contributed by atoms with Gasteiger partial charge in [-0.2, -0.15) is 0 Å². The normalized spacial score (nSPS) is 17.9. The van der Waals surface area contributed by atoms with E-state index < -0.39 is 12.1 Å². The molecule has 1 aromatic rings. The van der Waals surface area contributed by atoms with E-state index in [9.17, 15) is 14.4 Å². The van der Waals surface area contributed by atoms with Gasteiger partial charge in [-0.25, -0.2) is 0 Å². The highest BCUT2D eigenvalue weighted by Crippen LogP contribution is 2.30. The van der Waals surface area contributed by atoms with Crippen molar-refractivity contribution in [2.24, 2.45) is 0 Å². The minimum absolute atomic E-state index is 0.00937. The summed E-state index contributed by atoms with van der Waals surface area (Å²) in [5.74, 6) is 0.158. The Kier molecular flexibility index (Phi) is 8.11. The van der Waals surface area contributed by atoms with E-state index in [1.54, 1.807) is 25.1 Å². The Hall–Kier alpha value is -2.57. The van der Waals surface area contributed by atoms with Crippen LogP contribution in [0.3, 0.4) is 0 Å². The van der Waals surface area contributed by atoms with Crippen LogP contribution in [0.15, 0.2) is 18.2 Å². The van der Waals surface area contributed by atoms with Crippen LogP contribution in [0.5, 0.6) is 11.5 Å². The third kappa shape index (κ3) is 6.47. The standard InChI is InChI=1S/C23H31NO6/c1-16(23(27)24-18-7-4-2-3-5-8-18)30-22(26)12-10-19(25)17-9-11-20-21(15-17)29-14-6-13-28-20/h9,11,15-16,18H,2-8,10,12-14H2,1H3,(H,24,27)/t16-/m1/s1. The fourth-order valence-electron chi connectivity index (χ4n) is 3.75. The van der Waals surface area contributed by atoms with E-state index in [0.29, 0.717) is 30.3 Å². The predicted molar refractivity (Wildman–Crippen MR) is 111 cm³/mol. The molecule has 7 heteroatoms. The van der Waals surface area contributed by atoms with Crippen LogP contribution in [-0.4, -0.2) is 43.0 Å². The molecule has 0 saturated heterocycles. The van der Waals surface area contributed by atoms with Gasteiger partial charge in [-0.3, -0.25) is 14.4 Å². The van der Waals surface area contributed by atoms with Gasteiger partial charge >= 0.3 is 5.97 Å². The number of fused-ring (bicyclic) bond motifs is 1. The molecule has 0 bridgehead atoms. The molecular weight excluding hydrogens is 386 g/mol. The van der Waals surface area contributed by atoms with Crippen molar-refractivity contribution in [2.45, 2.75) is 76.9 Å². The molecule has 1 amide bonds. The van der Waals surface area contributed by atoms with Crippen molar-refractivity contribution in [1.29, 1.82) is 0 Å². The SMILES string of the molecule is C[C@@H](OC(=O)CCC(=O)c1ccc2c(c1)OCCCO2)C(=O)NC1CCCCCC1. The molecule has 1 saturated carbocycles. The second-order valence-corrected chi connectivity index (χ2v) is 7.96. The van der Waals surface area contributed by atoms with Gasteiger partial charge in [-0.05, 0) is 38.0 Å². The molecule has 164 valence electrons. The van der Waals surface area contributed by atoms with E-state index in [2.05, 4.69) is 5.32 Å². The van der Waals surface area contributed by atoms with Gasteiger partial charge in [0.15, 0.2) is 23.4 Å². The van der Waals surface area contributed by atoms with E-state index >= 15 is 0 Å². The van der Waals surface area contributed by atoms with Crippen LogP contribution in [0.25, 0.3) is 0 Å². The third-order valence-corrected chi connectivity index (χ3v) is 5.50. The molecule has 3 rings (SSSR count). The molecule has 0 aromatic heterocycles. The molecule has 1 heterocycles. The molecule has 1 aromatic carbocycles. The number of rotatable bonds is 7. The Morgan fingerprint density at radius 1 is 1.00 bits per heavy atom. The van der Waals surface area contributed by atoms with Gasteiger partial charge < -0.3 is 19.5 Å². The Morgan fingerprint density at radius 3 is 2.43 bits per heavy atom. The third-order valence-electron chi connectivity index (χ3n) is 5.50. The minimum atomic E-state index is -0.867. The first kappa shape index (κ1) is 22.1. The van der Waals surface area contributed by atoms with Gasteiger partial charge in [0, 0.05) is 24.4 Å². The minimum Gasteiger partial charge on any atom is -0.490 e. The Bertz CT molecular complexity index is 754. The monoisotopic (exact) mass is 417 g/mol. The quantitative estimate of drug-likeness (QED) is 0.414. The summed E-state index contributed by atoms with van der Waals surface area (Å²) in [6.07, 6.45) is 6.42. The van der Waals surface area contributed by atoms with Gasteiger partial charge in [0.05, 0.1) is 19.6 Å². The number of ketones is 1. The Labute approximate surface area is 177 Å². The van der Waals surface area contributed by atoms with Crippen molar-refractivity contribution >= 4 is 17.7 Å². The molecule has 2 aliphatic rings. The number of carbonyl (C=O) groups excluding carboxylic acids is 3. The molecule has 1 atom stereocenters. The lowest BCUT2D eigenvalue weighted by molar-refractivity contribution is -0.155. The van der Waals surface area contributed by atoms with E-state index in [4.69, 9.17) is 14.2 Å². The molecule has 7 nitrogen and oxygen atoms in total. The molecular formula is C23H31NO6. The average molecular weight is 418 g/mol. The first-order valence-corrected chi connectivity index (χ1v) is 11.0. The van der Waals surface area contributed by atoms with Gasteiger partial charge in [0.2, 0.25) is 0 Å². The van der Waals surface area contributed by atoms with Crippen molar-refractivity contribution in [3.63, 3.8) is 0 Å². The summed E-state index contributed by atoms with van der Waals surface area (Å²) in [5, 5.41) is 2.98.